The summed E-state index contributed by atoms with van der Waals surface area (Å²) in [7, 11) is 0. The third kappa shape index (κ3) is 7.32. The van der Waals surface area contributed by atoms with Crippen molar-refractivity contribution in [2.75, 3.05) is 0 Å². The third-order valence-corrected chi connectivity index (χ3v) is 3.04. The van der Waals surface area contributed by atoms with Crippen LogP contribution in [0.4, 0.5) is 0 Å². The van der Waals surface area contributed by atoms with Crippen LogP contribution in [0.5, 0.6) is 0 Å². The van der Waals surface area contributed by atoms with Crippen LogP contribution in [0, 0.1) is 5.41 Å². The number of benzene rings is 1. The molecule has 2 nitrogen and oxygen atoms in total. The van der Waals surface area contributed by atoms with Gasteiger partial charge in [-0.2, -0.15) is 0 Å². The Labute approximate surface area is 123 Å². The Hall–Kier alpha value is -1.31. The van der Waals surface area contributed by atoms with E-state index in [1.165, 1.54) is 5.56 Å². The molecule has 0 aromatic heterocycles. The van der Waals surface area contributed by atoms with Gasteiger partial charge in [0.1, 0.15) is 5.60 Å². The highest BCUT2D eigenvalue weighted by Crippen LogP contribution is 2.29. The molecule has 2 heteroatoms. The fourth-order valence-electron chi connectivity index (χ4n) is 2.75. The van der Waals surface area contributed by atoms with Crippen LogP contribution >= 0.6 is 0 Å². The van der Waals surface area contributed by atoms with Crippen molar-refractivity contribution in [1.82, 2.24) is 0 Å². The Morgan fingerprint density at radius 2 is 1.65 bits per heavy atom. The highest BCUT2D eigenvalue weighted by molar-refractivity contribution is 5.69. The lowest BCUT2D eigenvalue weighted by Crippen LogP contribution is -2.32. The lowest BCUT2D eigenvalue weighted by Gasteiger charge is -2.32. The number of ether oxygens (including phenoxy) is 1. The summed E-state index contributed by atoms with van der Waals surface area (Å²) in [5.41, 5.74) is 1.05. The van der Waals surface area contributed by atoms with E-state index in [2.05, 4.69) is 32.9 Å². The monoisotopic (exact) mass is 276 g/mol. The molecule has 1 rings (SSSR count). The van der Waals surface area contributed by atoms with E-state index in [0.29, 0.717) is 6.42 Å². The van der Waals surface area contributed by atoms with Gasteiger partial charge >= 0.3 is 5.97 Å². The molecule has 0 amide bonds. The Bertz CT molecular complexity index is 413. The van der Waals surface area contributed by atoms with Gasteiger partial charge in [-0.15, -0.1) is 0 Å². The first-order valence-corrected chi connectivity index (χ1v) is 7.44. The Balaban J connectivity index is 2.33. The molecule has 0 heterocycles. The first kappa shape index (κ1) is 16.7. The second kappa shape index (κ2) is 6.92. The standard InChI is InChI=1S/C18H28O2/c1-17(2,3)14-18(4,5)20-16(19)13-9-12-15-10-7-6-8-11-15/h6-8,10-11H,9,12-14H2,1-5H3. The Kier molecular flexibility index (Phi) is 5.79. The van der Waals surface area contributed by atoms with E-state index in [1.807, 2.05) is 32.0 Å². The molecule has 1 aromatic carbocycles. The third-order valence-electron chi connectivity index (χ3n) is 3.04. The first-order chi connectivity index (χ1) is 9.18. The molecule has 0 radical (unpaired) electrons. The van der Waals surface area contributed by atoms with Crippen LogP contribution in [-0.4, -0.2) is 11.6 Å². The van der Waals surface area contributed by atoms with Gasteiger partial charge in [-0.1, -0.05) is 51.1 Å². The van der Waals surface area contributed by atoms with E-state index in [9.17, 15) is 4.79 Å². The molecule has 20 heavy (non-hydrogen) atoms. The predicted octanol–water partition coefficient (Wildman–Crippen LogP) is 4.77. The lowest BCUT2D eigenvalue weighted by molar-refractivity contribution is -0.158. The largest absolute Gasteiger partial charge is 0.460 e. The van der Waals surface area contributed by atoms with E-state index in [-0.39, 0.29) is 17.0 Å². The molecule has 0 unspecified atom stereocenters. The van der Waals surface area contributed by atoms with Crippen LogP contribution in [-0.2, 0) is 16.0 Å². The van der Waals surface area contributed by atoms with Crippen LogP contribution in [0.15, 0.2) is 30.3 Å². The number of rotatable bonds is 6. The summed E-state index contributed by atoms with van der Waals surface area (Å²) in [6.07, 6.45) is 3.12. The maximum Gasteiger partial charge on any atom is 0.306 e. The molecule has 0 saturated heterocycles. The average molecular weight is 276 g/mol. The van der Waals surface area contributed by atoms with Crippen molar-refractivity contribution >= 4 is 5.97 Å². The van der Waals surface area contributed by atoms with E-state index < -0.39 is 0 Å². The molecule has 0 atom stereocenters. The minimum absolute atomic E-state index is 0.0878. The number of hydrogen-bond donors (Lipinski definition) is 0. The van der Waals surface area contributed by atoms with E-state index >= 15 is 0 Å². The number of carbonyl (C=O) groups excluding carboxylic acids is 1. The molecule has 0 aliphatic carbocycles. The van der Waals surface area contributed by atoms with Gasteiger partial charge in [-0.05, 0) is 44.1 Å². The van der Waals surface area contributed by atoms with E-state index in [4.69, 9.17) is 4.74 Å². The molecule has 112 valence electrons. The maximum absolute atomic E-state index is 11.9. The van der Waals surface area contributed by atoms with E-state index in [0.717, 1.165) is 19.3 Å². The number of esters is 1. The summed E-state index contributed by atoms with van der Waals surface area (Å²) >= 11 is 0. The zero-order valence-corrected chi connectivity index (χ0v) is 13.5. The van der Waals surface area contributed by atoms with Crippen LogP contribution in [0.3, 0.4) is 0 Å². The normalized spacial score (nSPS) is 12.2. The Morgan fingerprint density at radius 3 is 2.20 bits per heavy atom. The predicted molar refractivity (Wildman–Crippen MR) is 83.6 cm³/mol. The fraction of sp³-hybridized carbons (Fsp3) is 0.611. The highest BCUT2D eigenvalue weighted by Gasteiger charge is 2.28. The van der Waals surface area contributed by atoms with Gasteiger partial charge in [-0.25, -0.2) is 0 Å². The highest BCUT2D eigenvalue weighted by atomic mass is 16.6. The van der Waals surface area contributed by atoms with Crippen molar-refractivity contribution in [3.05, 3.63) is 35.9 Å². The summed E-state index contributed by atoms with van der Waals surface area (Å²) in [5.74, 6) is -0.0878. The summed E-state index contributed by atoms with van der Waals surface area (Å²) in [6.45, 7) is 10.5. The van der Waals surface area contributed by atoms with Crippen LogP contribution in [0.2, 0.25) is 0 Å². The lowest BCUT2D eigenvalue weighted by atomic mass is 9.83. The SMILES string of the molecule is CC(C)(C)CC(C)(C)OC(=O)CCCc1ccccc1. The number of hydrogen-bond acceptors (Lipinski definition) is 2. The van der Waals surface area contributed by atoms with Gasteiger partial charge in [0.15, 0.2) is 0 Å². The topological polar surface area (TPSA) is 26.3 Å². The van der Waals surface area contributed by atoms with Gasteiger partial charge in [0.05, 0.1) is 0 Å². The summed E-state index contributed by atoms with van der Waals surface area (Å²) in [6, 6.07) is 10.2. The maximum atomic E-state index is 11.9. The van der Waals surface area contributed by atoms with Crippen LogP contribution in [0.1, 0.15) is 59.4 Å². The number of carbonyl (C=O) groups is 1. The van der Waals surface area contributed by atoms with Crippen molar-refractivity contribution in [2.45, 2.75) is 65.9 Å². The van der Waals surface area contributed by atoms with Crippen LogP contribution < -0.4 is 0 Å². The smallest absolute Gasteiger partial charge is 0.306 e. The second-order valence-electron chi connectivity index (χ2n) is 7.31. The first-order valence-electron chi connectivity index (χ1n) is 7.44. The Morgan fingerprint density at radius 1 is 1.05 bits per heavy atom. The molecule has 0 aliphatic rings. The molecule has 0 fully saturated rings. The summed E-state index contributed by atoms with van der Waals surface area (Å²) < 4.78 is 5.61. The number of aryl methyl sites for hydroxylation is 1. The van der Waals surface area contributed by atoms with Gasteiger partial charge in [0.2, 0.25) is 0 Å². The quantitative estimate of drug-likeness (QED) is 0.700. The minimum atomic E-state index is -0.387. The van der Waals surface area contributed by atoms with Crippen molar-refractivity contribution in [1.29, 1.82) is 0 Å². The van der Waals surface area contributed by atoms with Gasteiger partial charge in [-0.3, -0.25) is 4.79 Å². The minimum Gasteiger partial charge on any atom is -0.460 e. The molecular weight excluding hydrogens is 248 g/mol. The van der Waals surface area contributed by atoms with E-state index in [1.54, 1.807) is 0 Å². The zero-order chi connectivity index (χ0) is 15.2. The summed E-state index contributed by atoms with van der Waals surface area (Å²) in [5, 5.41) is 0. The molecular formula is C18H28O2. The van der Waals surface area contributed by atoms with Crippen LogP contribution in [0.25, 0.3) is 0 Å². The van der Waals surface area contributed by atoms with Crippen molar-refractivity contribution in [3.8, 4) is 0 Å². The molecule has 1 aromatic rings. The molecule has 0 saturated carbocycles. The van der Waals surface area contributed by atoms with Gasteiger partial charge in [0, 0.05) is 6.42 Å². The van der Waals surface area contributed by atoms with Crippen molar-refractivity contribution < 1.29 is 9.53 Å². The molecule has 0 spiro atoms. The molecule has 0 aliphatic heterocycles. The molecule has 0 bridgehead atoms. The van der Waals surface area contributed by atoms with Gasteiger partial charge in [0.25, 0.3) is 0 Å². The van der Waals surface area contributed by atoms with Crippen molar-refractivity contribution in [3.63, 3.8) is 0 Å². The zero-order valence-electron chi connectivity index (χ0n) is 13.5. The van der Waals surface area contributed by atoms with Gasteiger partial charge < -0.3 is 4.74 Å². The fourth-order valence-corrected chi connectivity index (χ4v) is 2.75. The van der Waals surface area contributed by atoms with Crippen molar-refractivity contribution in [2.24, 2.45) is 5.41 Å². The average Bonchev–Trinajstić information content (AvgIpc) is 2.26. The second-order valence-corrected chi connectivity index (χ2v) is 7.31. The summed E-state index contributed by atoms with van der Waals surface area (Å²) in [4.78, 5) is 11.9. The molecule has 0 N–H and O–H groups in total.